The van der Waals surface area contributed by atoms with Gasteiger partial charge in [-0.15, -0.1) is 0 Å². The molecule has 0 saturated carbocycles. The number of aromatic nitrogens is 2. The molecular formula is C14H14N2O2. The zero-order chi connectivity index (χ0) is 12.8. The van der Waals surface area contributed by atoms with Crippen LogP contribution in [-0.2, 0) is 17.6 Å². The summed E-state index contributed by atoms with van der Waals surface area (Å²) >= 11 is 0. The largest absolute Gasteiger partial charge is 0.481 e. The SMILES string of the molecule is COc1ccc(CC(=O)Cc2cccnc2)cn1. The first-order valence-corrected chi connectivity index (χ1v) is 5.67. The third-order valence-corrected chi connectivity index (χ3v) is 2.53. The molecule has 0 fully saturated rings. The van der Waals surface area contributed by atoms with E-state index in [1.807, 2.05) is 18.2 Å². The third-order valence-electron chi connectivity index (χ3n) is 2.53. The van der Waals surface area contributed by atoms with Crippen LogP contribution in [0.1, 0.15) is 11.1 Å². The van der Waals surface area contributed by atoms with Crippen molar-refractivity contribution in [2.24, 2.45) is 0 Å². The lowest BCUT2D eigenvalue weighted by Crippen LogP contribution is -2.07. The maximum atomic E-state index is 11.8. The molecule has 2 rings (SSSR count). The van der Waals surface area contributed by atoms with Crippen LogP contribution in [0.4, 0.5) is 0 Å². The van der Waals surface area contributed by atoms with Gasteiger partial charge in [-0.05, 0) is 17.2 Å². The van der Waals surface area contributed by atoms with Crippen molar-refractivity contribution in [3.63, 3.8) is 0 Å². The van der Waals surface area contributed by atoms with Gasteiger partial charge in [0.15, 0.2) is 0 Å². The summed E-state index contributed by atoms with van der Waals surface area (Å²) in [7, 11) is 1.57. The lowest BCUT2D eigenvalue weighted by atomic mass is 10.1. The normalized spacial score (nSPS) is 10.1. The molecule has 2 aromatic rings. The molecule has 0 N–H and O–H groups in total. The molecule has 0 amide bonds. The minimum atomic E-state index is 0.148. The van der Waals surface area contributed by atoms with E-state index in [0.717, 1.165) is 11.1 Å². The Morgan fingerprint density at radius 3 is 2.50 bits per heavy atom. The topological polar surface area (TPSA) is 52.1 Å². The van der Waals surface area contributed by atoms with E-state index in [-0.39, 0.29) is 5.78 Å². The molecule has 18 heavy (non-hydrogen) atoms. The Hall–Kier alpha value is -2.23. The van der Waals surface area contributed by atoms with Crippen LogP contribution in [0.15, 0.2) is 42.9 Å². The number of methoxy groups -OCH3 is 1. The van der Waals surface area contributed by atoms with Gasteiger partial charge >= 0.3 is 0 Å². The highest BCUT2D eigenvalue weighted by Crippen LogP contribution is 2.08. The van der Waals surface area contributed by atoms with E-state index in [0.29, 0.717) is 18.7 Å². The van der Waals surface area contributed by atoms with Gasteiger partial charge in [0.05, 0.1) is 7.11 Å². The van der Waals surface area contributed by atoms with Gasteiger partial charge in [0.2, 0.25) is 5.88 Å². The van der Waals surface area contributed by atoms with Crippen LogP contribution in [-0.4, -0.2) is 22.9 Å². The number of hydrogen-bond donors (Lipinski definition) is 0. The van der Waals surface area contributed by atoms with Crippen LogP contribution < -0.4 is 4.74 Å². The van der Waals surface area contributed by atoms with Crippen molar-refractivity contribution in [2.75, 3.05) is 7.11 Å². The van der Waals surface area contributed by atoms with Gasteiger partial charge in [0.25, 0.3) is 0 Å². The fourth-order valence-corrected chi connectivity index (χ4v) is 1.66. The van der Waals surface area contributed by atoms with E-state index in [4.69, 9.17) is 4.74 Å². The molecule has 0 saturated heterocycles. The first-order chi connectivity index (χ1) is 8.78. The molecular weight excluding hydrogens is 228 g/mol. The van der Waals surface area contributed by atoms with Crippen molar-refractivity contribution in [1.82, 2.24) is 9.97 Å². The molecule has 4 heteroatoms. The minimum Gasteiger partial charge on any atom is -0.481 e. The van der Waals surface area contributed by atoms with Crippen LogP contribution in [0.3, 0.4) is 0 Å². The second-order valence-corrected chi connectivity index (χ2v) is 3.96. The second kappa shape index (κ2) is 5.91. The van der Waals surface area contributed by atoms with Gasteiger partial charge in [-0.3, -0.25) is 9.78 Å². The zero-order valence-corrected chi connectivity index (χ0v) is 10.2. The van der Waals surface area contributed by atoms with E-state index < -0.39 is 0 Å². The Bertz CT molecular complexity index is 509. The Balaban J connectivity index is 1.94. The minimum absolute atomic E-state index is 0.148. The van der Waals surface area contributed by atoms with E-state index in [1.165, 1.54) is 0 Å². The van der Waals surface area contributed by atoms with Crippen molar-refractivity contribution in [1.29, 1.82) is 0 Å². The number of carbonyl (C=O) groups excluding carboxylic acids is 1. The molecule has 4 nitrogen and oxygen atoms in total. The number of nitrogens with zero attached hydrogens (tertiary/aromatic N) is 2. The summed E-state index contributed by atoms with van der Waals surface area (Å²) in [5.41, 5.74) is 1.83. The summed E-state index contributed by atoms with van der Waals surface area (Å²) in [5.74, 6) is 0.702. The summed E-state index contributed by atoms with van der Waals surface area (Å²) in [6, 6.07) is 7.34. The number of rotatable bonds is 5. The predicted molar refractivity (Wildman–Crippen MR) is 67.4 cm³/mol. The Morgan fingerprint density at radius 1 is 1.17 bits per heavy atom. The monoisotopic (exact) mass is 242 g/mol. The molecule has 0 radical (unpaired) electrons. The van der Waals surface area contributed by atoms with Gasteiger partial charge in [0.1, 0.15) is 5.78 Å². The molecule has 0 spiro atoms. The molecule has 0 bridgehead atoms. The van der Waals surface area contributed by atoms with E-state index in [9.17, 15) is 4.79 Å². The summed E-state index contributed by atoms with van der Waals surface area (Å²) in [6.07, 6.45) is 5.86. The van der Waals surface area contributed by atoms with E-state index >= 15 is 0 Å². The summed E-state index contributed by atoms with van der Waals surface area (Å²) in [4.78, 5) is 19.9. The van der Waals surface area contributed by atoms with Gasteiger partial charge in [-0.1, -0.05) is 12.1 Å². The zero-order valence-electron chi connectivity index (χ0n) is 10.2. The Labute approximate surface area is 106 Å². The molecule has 0 aliphatic rings. The van der Waals surface area contributed by atoms with Crippen LogP contribution in [0.5, 0.6) is 5.88 Å². The lowest BCUT2D eigenvalue weighted by molar-refractivity contribution is -0.117. The number of ketones is 1. The van der Waals surface area contributed by atoms with Gasteiger partial charge in [-0.2, -0.15) is 0 Å². The molecule has 2 heterocycles. The van der Waals surface area contributed by atoms with Crippen molar-refractivity contribution in [3.8, 4) is 5.88 Å². The van der Waals surface area contributed by atoms with Crippen LogP contribution >= 0.6 is 0 Å². The molecule has 2 aromatic heterocycles. The summed E-state index contributed by atoms with van der Waals surface area (Å²) in [5, 5.41) is 0. The molecule has 92 valence electrons. The second-order valence-electron chi connectivity index (χ2n) is 3.96. The van der Waals surface area contributed by atoms with Crippen molar-refractivity contribution >= 4 is 5.78 Å². The average molecular weight is 242 g/mol. The summed E-state index contributed by atoms with van der Waals surface area (Å²) < 4.78 is 4.97. The fraction of sp³-hybridized carbons (Fsp3) is 0.214. The van der Waals surface area contributed by atoms with Crippen molar-refractivity contribution in [3.05, 3.63) is 54.0 Å². The quantitative estimate of drug-likeness (QED) is 0.802. The van der Waals surface area contributed by atoms with Crippen molar-refractivity contribution in [2.45, 2.75) is 12.8 Å². The maximum Gasteiger partial charge on any atom is 0.212 e. The predicted octanol–water partition coefficient (Wildman–Crippen LogP) is 1.84. The highest BCUT2D eigenvalue weighted by atomic mass is 16.5. The molecule has 0 unspecified atom stereocenters. The van der Waals surface area contributed by atoms with Crippen LogP contribution in [0.25, 0.3) is 0 Å². The fourth-order valence-electron chi connectivity index (χ4n) is 1.66. The Kier molecular flexibility index (Phi) is 4.02. The number of ether oxygens (including phenoxy) is 1. The van der Waals surface area contributed by atoms with E-state index in [1.54, 1.807) is 31.8 Å². The Morgan fingerprint density at radius 2 is 1.94 bits per heavy atom. The van der Waals surface area contributed by atoms with E-state index in [2.05, 4.69) is 9.97 Å². The highest BCUT2D eigenvalue weighted by molar-refractivity contribution is 5.82. The lowest BCUT2D eigenvalue weighted by Gasteiger charge is -2.02. The maximum absolute atomic E-state index is 11.8. The van der Waals surface area contributed by atoms with Gasteiger partial charge in [-0.25, -0.2) is 4.98 Å². The summed E-state index contributed by atoms with van der Waals surface area (Å²) in [6.45, 7) is 0. The first kappa shape index (κ1) is 12.2. The highest BCUT2D eigenvalue weighted by Gasteiger charge is 2.06. The first-order valence-electron chi connectivity index (χ1n) is 5.67. The van der Waals surface area contributed by atoms with Crippen LogP contribution in [0, 0.1) is 0 Å². The van der Waals surface area contributed by atoms with Gasteiger partial charge in [0, 0.05) is 37.5 Å². The number of carbonyl (C=O) groups is 1. The average Bonchev–Trinajstić information content (AvgIpc) is 2.40. The standard InChI is InChI=1S/C14H14N2O2/c1-18-14-5-4-12(10-16-14)8-13(17)7-11-3-2-6-15-9-11/h2-6,9-10H,7-8H2,1H3. The third kappa shape index (κ3) is 3.38. The van der Waals surface area contributed by atoms with Crippen LogP contribution in [0.2, 0.25) is 0 Å². The number of hydrogen-bond acceptors (Lipinski definition) is 4. The van der Waals surface area contributed by atoms with Gasteiger partial charge < -0.3 is 4.74 Å². The molecule has 0 aromatic carbocycles. The number of Topliss-reactive ketones (excluding diaryl/α,β-unsaturated/α-hetero) is 1. The molecule has 0 atom stereocenters. The number of pyridine rings is 2. The molecule has 0 aliphatic carbocycles. The van der Waals surface area contributed by atoms with Crippen molar-refractivity contribution < 1.29 is 9.53 Å². The smallest absolute Gasteiger partial charge is 0.212 e. The molecule has 0 aliphatic heterocycles.